The molecule has 0 radical (unpaired) electrons. The Balaban J connectivity index is 2.29. The van der Waals surface area contributed by atoms with Gasteiger partial charge in [-0.1, -0.05) is 0 Å². The lowest BCUT2D eigenvalue weighted by Gasteiger charge is -2.26. The molecule has 1 atom stereocenters. The number of carbonyl (C=O) groups is 2. The van der Waals surface area contributed by atoms with Gasteiger partial charge in [-0.2, -0.15) is 0 Å². The number of nitrogens with zero attached hydrogens (tertiary/aromatic N) is 1. The molecule has 21 heavy (non-hydrogen) atoms. The molecule has 8 heteroatoms. The van der Waals surface area contributed by atoms with Crippen molar-refractivity contribution in [1.82, 2.24) is 5.32 Å². The van der Waals surface area contributed by atoms with Gasteiger partial charge in [0, 0.05) is 15.7 Å². The van der Waals surface area contributed by atoms with Crippen molar-refractivity contribution in [2.24, 2.45) is 5.92 Å². The molecule has 1 aromatic carbocycles. The summed E-state index contributed by atoms with van der Waals surface area (Å²) in [6, 6.07) is 3.92. The van der Waals surface area contributed by atoms with Crippen molar-refractivity contribution >= 4 is 40.2 Å². The molecule has 1 unspecified atom stereocenters. The van der Waals surface area contributed by atoms with Crippen LogP contribution in [0.4, 0.5) is 5.69 Å². The number of carbonyl (C=O) groups excluding carboxylic acids is 1. The number of nitro groups is 1. The first-order valence-corrected chi connectivity index (χ1v) is 7.33. The van der Waals surface area contributed by atoms with Gasteiger partial charge in [-0.25, -0.2) is 4.79 Å². The molecule has 0 bridgehead atoms. The van der Waals surface area contributed by atoms with Crippen molar-refractivity contribution in [2.75, 3.05) is 0 Å². The number of nitro benzene ring substituents is 1. The van der Waals surface area contributed by atoms with Gasteiger partial charge in [-0.15, -0.1) is 0 Å². The van der Waals surface area contributed by atoms with Gasteiger partial charge in [0.05, 0.1) is 10.5 Å². The third-order valence-corrected chi connectivity index (χ3v) is 4.56. The van der Waals surface area contributed by atoms with Gasteiger partial charge in [0.25, 0.3) is 11.6 Å². The second-order valence-electron chi connectivity index (χ2n) is 5.16. The fourth-order valence-electron chi connectivity index (χ4n) is 2.09. The van der Waals surface area contributed by atoms with Crippen LogP contribution >= 0.6 is 22.6 Å². The number of rotatable bonds is 5. The van der Waals surface area contributed by atoms with Crippen LogP contribution in [0.25, 0.3) is 0 Å². The minimum atomic E-state index is -1.34. The number of hydrogen-bond donors (Lipinski definition) is 2. The molecule has 0 aromatic heterocycles. The Bertz CT molecular complexity index is 629. The van der Waals surface area contributed by atoms with Crippen LogP contribution < -0.4 is 5.32 Å². The molecule has 1 fully saturated rings. The van der Waals surface area contributed by atoms with E-state index in [0.29, 0.717) is 3.57 Å². The first-order chi connectivity index (χ1) is 9.75. The third kappa shape index (κ3) is 3.14. The quantitative estimate of drug-likeness (QED) is 0.444. The van der Waals surface area contributed by atoms with Crippen molar-refractivity contribution in [3.8, 4) is 0 Å². The number of aliphatic carboxylic acids is 1. The van der Waals surface area contributed by atoms with Crippen molar-refractivity contribution in [1.29, 1.82) is 0 Å². The molecule has 112 valence electrons. The first kappa shape index (κ1) is 15.7. The molecule has 0 heterocycles. The monoisotopic (exact) mass is 404 g/mol. The number of carboxylic acid groups (broad SMARTS) is 1. The minimum Gasteiger partial charge on any atom is -0.480 e. The van der Waals surface area contributed by atoms with E-state index in [2.05, 4.69) is 5.32 Å². The molecular weight excluding hydrogens is 391 g/mol. The second-order valence-corrected chi connectivity index (χ2v) is 6.32. The molecule has 0 saturated heterocycles. The van der Waals surface area contributed by atoms with Crippen LogP contribution in [0.1, 0.15) is 30.1 Å². The van der Waals surface area contributed by atoms with Gasteiger partial charge in [0.2, 0.25) is 0 Å². The normalized spacial score (nSPS) is 16.9. The van der Waals surface area contributed by atoms with E-state index >= 15 is 0 Å². The summed E-state index contributed by atoms with van der Waals surface area (Å²) in [5.74, 6) is -1.81. The molecule has 1 saturated carbocycles. The highest BCUT2D eigenvalue weighted by atomic mass is 127. The average Bonchev–Trinajstić information content (AvgIpc) is 3.22. The predicted octanol–water partition coefficient (Wildman–Crippen LogP) is 2.18. The Hall–Kier alpha value is -1.71. The van der Waals surface area contributed by atoms with E-state index in [9.17, 15) is 24.8 Å². The average molecular weight is 404 g/mol. The van der Waals surface area contributed by atoms with Crippen LogP contribution in [-0.2, 0) is 4.79 Å². The summed E-state index contributed by atoms with van der Waals surface area (Å²) in [7, 11) is 0. The Morgan fingerprint density at radius 1 is 1.48 bits per heavy atom. The SMILES string of the molecule is CC(NC(=O)c1cc([N+](=O)[O-])ccc1I)(C(=O)O)C1CC1. The molecule has 2 N–H and O–H groups in total. The van der Waals surface area contributed by atoms with E-state index in [1.807, 2.05) is 22.6 Å². The van der Waals surface area contributed by atoms with Gasteiger partial charge in [0.15, 0.2) is 0 Å². The van der Waals surface area contributed by atoms with Crippen molar-refractivity contribution in [3.63, 3.8) is 0 Å². The molecule has 1 amide bonds. The molecule has 7 nitrogen and oxygen atoms in total. The summed E-state index contributed by atoms with van der Waals surface area (Å²) in [5.41, 5.74) is -1.44. The highest BCUT2D eigenvalue weighted by Gasteiger charge is 2.48. The van der Waals surface area contributed by atoms with E-state index in [4.69, 9.17) is 0 Å². The van der Waals surface area contributed by atoms with Crippen LogP contribution in [0, 0.1) is 19.6 Å². The number of amides is 1. The summed E-state index contributed by atoms with van der Waals surface area (Å²) in [6.07, 6.45) is 1.49. The second kappa shape index (κ2) is 5.58. The van der Waals surface area contributed by atoms with E-state index in [1.165, 1.54) is 19.1 Å². The lowest BCUT2D eigenvalue weighted by Crippen LogP contribution is -2.54. The first-order valence-electron chi connectivity index (χ1n) is 6.25. The number of benzene rings is 1. The number of carboxylic acids is 1. The van der Waals surface area contributed by atoms with E-state index in [-0.39, 0.29) is 17.2 Å². The van der Waals surface area contributed by atoms with E-state index < -0.39 is 22.3 Å². The predicted molar refractivity (Wildman–Crippen MR) is 82.0 cm³/mol. The van der Waals surface area contributed by atoms with E-state index in [1.54, 1.807) is 0 Å². The smallest absolute Gasteiger partial charge is 0.329 e. The molecule has 0 spiro atoms. The maximum atomic E-state index is 12.3. The van der Waals surface area contributed by atoms with Crippen LogP contribution in [-0.4, -0.2) is 27.4 Å². The van der Waals surface area contributed by atoms with Crippen LogP contribution in [0.2, 0.25) is 0 Å². The van der Waals surface area contributed by atoms with Gasteiger partial charge >= 0.3 is 5.97 Å². The number of nitrogens with one attached hydrogen (secondary N) is 1. The Labute approximate surface area is 134 Å². The lowest BCUT2D eigenvalue weighted by atomic mass is 9.95. The van der Waals surface area contributed by atoms with Gasteiger partial charge in [-0.3, -0.25) is 14.9 Å². The number of non-ortho nitro benzene ring substituents is 1. The van der Waals surface area contributed by atoms with Gasteiger partial charge in [-0.05, 0) is 54.3 Å². The third-order valence-electron chi connectivity index (χ3n) is 3.62. The van der Waals surface area contributed by atoms with Crippen LogP contribution in [0.3, 0.4) is 0 Å². The standard InChI is InChI=1S/C13H13IN2O5/c1-13(12(18)19,7-2-3-7)15-11(17)9-6-8(16(20)21)4-5-10(9)14/h4-7H,2-3H2,1H3,(H,15,17)(H,18,19). The molecule has 1 aliphatic carbocycles. The van der Waals surface area contributed by atoms with Crippen LogP contribution in [0.5, 0.6) is 0 Å². The summed E-state index contributed by atoms with van der Waals surface area (Å²) in [5, 5.41) is 22.6. The number of hydrogen-bond acceptors (Lipinski definition) is 4. The minimum absolute atomic E-state index is 0.102. The zero-order chi connectivity index (χ0) is 15.8. The van der Waals surface area contributed by atoms with Crippen molar-refractivity contribution in [2.45, 2.75) is 25.3 Å². The van der Waals surface area contributed by atoms with Gasteiger partial charge < -0.3 is 10.4 Å². The Morgan fingerprint density at radius 3 is 2.57 bits per heavy atom. The molecular formula is C13H13IN2O5. The summed E-state index contributed by atoms with van der Waals surface area (Å²) in [4.78, 5) is 33.9. The van der Waals surface area contributed by atoms with E-state index in [0.717, 1.165) is 18.9 Å². The fraction of sp³-hybridized carbons (Fsp3) is 0.385. The zero-order valence-corrected chi connectivity index (χ0v) is 13.3. The highest BCUT2D eigenvalue weighted by molar-refractivity contribution is 14.1. The van der Waals surface area contributed by atoms with Gasteiger partial charge in [0.1, 0.15) is 5.54 Å². The summed E-state index contributed by atoms with van der Waals surface area (Å²) >= 11 is 1.89. The molecule has 2 rings (SSSR count). The lowest BCUT2D eigenvalue weighted by molar-refractivity contribution is -0.384. The maximum Gasteiger partial charge on any atom is 0.329 e. The van der Waals surface area contributed by atoms with Crippen molar-refractivity contribution in [3.05, 3.63) is 37.4 Å². The Morgan fingerprint density at radius 2 is 2.10 bits per heavy atom. The zero-order valence-electron chi connectivity index (χ0n) is 11.1. The largest absolute Gasteiger partial charge is 0.480 e. The topological polar surface area (TPSA) is 110 Å². The van der Waals surface area contributed by atoms with Crippen molar-refractivity contribution < 1.29 is 19.6 Å². The molecule has 1 aliphatic rings. The summed E-state index contributed by atoms with van der Waals surface area (Å²) < 4.78 is 0.527. The molecule has 0 aliphatic heterocycles. The Kier molecular flexibility index (Phi) is 4.17. The fourth-order valence-corrected chi connectivity index (χ4v) is 2.68. The highest BCUT2D eigenvalue weighted by Crippen LogP contribution is 2.40. The number of halogens is 1. The van der Waals surface area contributed by atoms with Crippen LogP contribution in [0.15, 0.2) is 18.2 Å². The molecule has 1 aromatic rings. The maximum absolute atomic E-state index is 12.3. The summed E-state index contributed by atoms with van der Waals surface area (Å²) in [6.45, 7) is 1.47.